The third-order valence-corrected chi connectivity index (χ3v) is 6.20. The van der Waals surface area contributed by atoms with Gasteiger partial charge in [0.15, 0.2) is 0 Å². The average Bonchev–Trinajstić information content (AvgIpc) is 2.82. The smallest absolute Gasteiger partial charge is 0.349 e. The Hall–Kier alpha value is -3.35. The summed E-state index contributed by atoms with van der Waals surface area (Å²) in [5.41, 5.74) is 0.489. The lowest BCUT2D eigenvalue weighted by atomic mass is 9.95. The highest BCUT2D eigenvalue weighted by atomic mass is 19.4. The molecule has 1 heterocycles. The van der Waals surface area contributed by atoms with Crippen LogP contribution in [0.3, 0.4) is 0 Å². The van der Waals surface area contributed by atoms with E-state index in [1.807, 2.05) is 36.4 Å². The molecule has 0 aromatic heterocycles. The molecule has 1 aliphatic rings. The van der Waals surface area contributed by atoms with E-state index in [1.165, 1.54) is 12.1 Å². The van der Waals surface area contributed by atoms with Crippen molar-refractivity contribution in [2.75, 3.05) is 13.1 Å². The molecule has 4 nitrogen and oxygen atoms in total. The number of nitrogens with zero attached hydrogens (tertiary/aromatic N) is 1. The van der Waals surface area contributed by atoms with Crippen LogP contribution in [0.25, 0.3) is 10.8 Å². The summed E-state index contributed by atoms with van der Waals surface area (Å²) in [7, 11) is 0. The van der Waals surface area contributed by atoms with Gasteiger partial charge in [-0.3, -0.25) is 9.59 Å². The van der Waals surface area contributed by atoms with Crippen molar-refractivity contribution in [3.8, 4) is 0 Å². The van der Waals surface area contributed by atoms with Gasteiger partial charge in [0.05, 0.1) is 17.5 Å². The van der Waals surface area contributed by atoms with E-state index in [2.05, 4.69) is 5.32 Å². The van der Waals surface area contributed by atoms with E-state index in [-0.39, 0.29) is 17.7 Å². The topological polar surface area (TPSA) is 49.4 Å². The molecule has 0 radical (unpaired) electrons. The van der Waals surface area contributed by atoms with Gasteiger partial charge in [0.1, 0.15) is 0 Å². The molecule has 2 unspecified atom stereocenters. The summed E-state index contributed by atoms with van der Waals surface area (Å²) < 4.78 is 38.3. The normalized spacial score (nSPS) is 17.6. The molecule has 1 aliphatic heterocycles. The minimum Gasteiger partial charge on any atom is -0.349 e. The Bertz CT molecular complexity index is 1150. The molecule has 2 amide bonds. The summed E-state index contributed by atoms with van der Waals surface area (Å²) in [4.78, 5) is 27.9. The van der Waals surface area contributed by atoms with Gasteiger partial charge >= 0.3 is 6.18 Å². The highest BCUT2D eigenvalue weighted by Gasteiger charge is 2.31. The maximum absolute atomic E-state index is 13.2. The molecule has 33 heavy (non-hydrogen) atoms. The summed E-state index contributed by atoms with van der Waals surface area (Å²) in [6.07, 6.45) is -3.03. The van der Waals surface area contributed by atoms with Gasteiger partial charge in [-0.1, -0.05) is 48.5 Å². The molecule has 0 aliphatic carbocycles. The van der Waals surface area contributed by atoms with E-state index in [1.54, 1.807) is 17.9 Å². The molecule has 0 spiro atoms. The van der Waals surface area contributed by atoms with Crippen molar-refractivity contribution in [3.05, 3.63) is 83.4 Å². The number of halogens is 3. The zero-order valence-electron chi connectivity index (χ0n) is 18.2. The fraction of sp³-hybridized carbons (Fsp3) is 0.308. The number of alkyl halides is 3. The Morgan fingerprint density at radius 2 is 1.70 bits per heavy atom. The van der Waals surface area contributed by atoms with E-state index < -0.39 is 17.8 Å². The van der Waals surface area contributed by atoms with Gasteiger partial charge in [-0.15, -0.1) is 0 Å². The summed E-state index contributed by atoms with van der Waals surface area (Å²) in [6.45, 7) is 2.64. The number of benzene rings is 3. The molecule has 2 atom stereocenters. The second-order valence-electron chi connectivity index (χ2n) is 8.47. The van der Waals surface area contributed by atoms with E-state index in [0.29, 0.717) is 37.1 Å². The minimum atomic E-state index is -4.40. The number of fused-ring (bicyclic) bond motifs is 1. The number of likely N-dealkylation sites (tertiary alicyclic amines) is 1. The highest BCUT2D eigenvalue weighted by Crippen LogP contribution is 2.30. The zero-order valence-corrected chi connectivity index (χ0v) is 18.2. The van der Waals surface area contributed by atoms with Crippen molar-refractivity contribution >= 4 is 22.6 Å². The van der Waals surface area contributed by atoms with Gasteiger partial charge in [-0.05, 0) is 54.3 Å². The predicted molar refractivity (Wildman–Crippen MR) is 121 cm³/mol. The minimum absolute atomic E-state index is 0.0971. The summed E-state index contributed by atoms with van der Waals surface area (Å²) in [5.74, 6) is -0.660. The lowest BCUT2D eigenvalue weighted by Gasteiger charge is -2.33. The van der Waals surface area contributed by atoms with E-state index in [0.717, 1.165) is 22.9 Å². The van der Waals surface area contributed by atoms with E-state index in [9.17, 15) is 22.8 Å². The van der Waals surface area contributed by atoms with Gasteiger partial charge in [0, 0.05) is 18.7 Å². The van der Waals surface area contributed by atoms with Crippen LogP contribution in [0.2, 0.25) is 0 Å². The highest BCUT2D eigenvalue weighted by molar-refractivity contribution is 6.07. The molecule has 0 bridgehead atoms. The first-order valence-corrected chi connectivity index (χ1v) is 11.0. The summed E-state index contributed by atoms with van der Waals surface area (Å²) >= 11 is 0. The van der Waals surface area contributed by atoms with Crippen LogP contribution < -0.4 is 5.32 Å². The Morgan fingerprint density at radius 1 is 1.00 bits per heavy atom. The van der Waals surface area contributed by atoms with Crippen molar-refractivity contribution in [2.24, 2.45) is 5.92 Å². The van der Waals surface area contributed by atoms with Crippen molar-refractivity contribution in [1.82, 2.24) is 10.2 Å². The van der Waals surface area contributed by atoms with Gasteiger partial charge < -0.3 is 10.2 Å². The molecule has 3 aromatic rings. The molecular formula is C26H25F3N2O2. The monoisotopic (exact) mass is 454 g/mol. The molecule has 1 N–H and O–H groups in total. The fourth-order valence-electron chi connectivity index (χ4n) is 4.33. The van der Waals surface area contributed by atoms with Crippen molar-refractivity contribution < 1.29 is 22.8 Å². The number of amides is 2. The second-order valence-corrected chi connectivity index (χ2v) is 8.47. The van der Waals surface area contributed by atoms with Crippen molar-refractivity contribution in [2.45, 2.75) is 32.0 Å². The van der Waals surface area contributed by atoms with Crippen LogP contribution in [0.1, 0.15) is 47.3 Å². The molecule has 172 valence electrons. The van der Waals surface area contributed by atoms with Crippen molar-refractivity contribution in [3.63, 3.8) is 0 Å². The quantitative estimate of drug-likeness (QED) is 0.559. The number of rotatable bonds is 4. The third-order valence-electron chi connectivity index (χ3n) is 6.20. The Balaban J connectivity index is 1.42. The van der Waals surface area contributed by atoms with Gasteiger partial charge in [0.2, 0.25) is 5.91 Å². The zero-order chi connectivity index (χ0) is 23.6. The largest absolute Gasteiger partial charge is 0.416 e. The number of carbonyl (C=O) groups excluding carboxylic acids is 2. The first kappa shape index (κ1) is 22.8. The molecule has 1 saturated heterocycles. The summed E-state index contributed by atoms with van der Waals surface area (Å²) in [5, 5.41) is 4.76. The first-order valence-electron chi connectivity index (χ1n) is 11.0. The second kappa shape index (κ2) is 9.25. The molecule has 7 heteroatoms. The van der Waals surface area contributed by atoms with Crippen molar-refractivity contribution in [1.29, 1.82) is 0 Å². The molecular weight excluding hydrogens is 429 g/mol. The number of carbonyl (C=O) groups is 2. The average molecular weight is 454 g/mol. The van der Waals surface area contributed by atoms with Crippen LogP contribution >= 0.6 is 0 Å². The van der Waals surface area contributed by atoms with Gasteiger partial charge in [-0.2, -0.15) is 13.2 Å². The summed E-state index contributed by atoms with van der Waals surface area (Å²) in [6, 6.07) is 17.7. The lowest BCUT2D eigenvalue weighted by Crippen LogP contribution is -2.45. The van der Waals surface area contributed by atoms with Gasteiger partial charge in [-0.25, -0.2) is 0 Å². The predicted octanol–water partition coefficient (Wildman–Crippen LogP) is 5.59. The van der Waals surface area contributed by atoms with Crippen LogP contribution in [0.4, 0.5) is 13.2 Å². The first-order chi connectivity index (χ1) is 15.7. The van der Waals surface area contributed by atoms with Crippen LogP contribution in [-0.2, 0) is 11.0 Å². The maximum atomic E-state index is 13.2. The molecule has 0 saturated carbocycles. The van der Waals surface area contributed by atoms with Crippen LogP contribution in [0.15, 0.2) is 66.7 Å². The van der Waals surface area contributed by atoms with E-state index in [4.69, 9.17) is 0 Å². The lowest BCUT2D eigenvalue weighted by molar-refractivity contribution is -0.137. The Labute approximate surface area is 190 Å². The van der Waals surface area contributed by atoms with E-state index >= 15 is 0 Å². The molecule has 3 aromatic carbocycles. The standard InChI is InChI=1S/C26H25F3N2O2/c1-17(18-11-13-21(14-12-18)26(27,28)29)30-24(32)20-8-5-15-31(16-20)25(33)23-10-4-7-19-6-2-3-9-22(19)23/h2-4,6-7,9-14,17,20H,5,8,15-16H2,1H3,(H,30,32). The molecule has 4 rings (SSSR count). The van der Waals surface area contributed by atoms with Crippen LogP contribution in [0.5, 0.6) is 0 Å². The van der Waals surface area contributed by atoms with Crippen LogP contribution in [0, 0.1) is 5.92 Å². The SMILES string of the molecule is CC(NC(=O)C1CCCN(C(=O)c2cccc3ccccc23)C1)c1ccc(C(F)(F)F)cc1. The number of hydrogen-bond acceptors (Lipinski definition) is 2. The Morgan fingerprint density at radius 3 is 2.42 bits per heavy atom. The molecule has 1 fully saturated rings. The maximum Gasteiger partial charge on any atom is 0.416 e. The fourth-order valence-corrected chi connectivity index (χ4v) is 4.33. The number of piperidine rings is 1. The number of hydrogen-bond donors (Lipinski definition) is 1. The van der Waals surface area contributed by atoms with Gasteiger partial charge in [0.25, 0.3) is 5.91 Å². The number of nitrogens with one attached hydrogen (secondary N) is 1. The third kappa shape index (κ3) is 5.02. The van der Waals surface area contributed by atoms with Crippen LogP contribution in [-0.4, -0.2) is 29.8 Å². The Kier molecular flexibility index (Phi) is 6.40.